The first-order valence-electron chi connectivity index (χ1n) is 10.3. The van der Waals surface area contributed by atoms with E-state index in [-0.39, 0.29) is 63.8 Å². The molecule has 0 heterocycles. The first kappa shape index (κ1) is 27.4. The number of rotatable bonds is 4. The minimum atomic E-state index is -4.33. The number of hydrogen-bond acceptors (Lipinski definition) is 7. The molecule has 4 aliphatic carbocycles. The molecule has 0 aliphatic heterocycles. The summed E-state index contributed by atoms with van der Waals surface area (Å²) in [5.41, 5.74) is -2.34. The van der Waals surface area contributed by atoms with Crippen LogP contribution < -0.4 is 29.6 Å². The van der Waals surface area contributed by atoms with Crippen LogP contribution in [-0.2, 0) is 29.8 Å². The summed E-state index contributed by atoms with van der Waals surface area (Å²) >= 11 is 0. The summed E-state index contributed by atoms with van der Waals surface area (Å²) in [7, 11) is -8.40. The molecule has 0 aromatic heterocycles. The fourth-order valence-corrected chi connectivity index (χ4v) is 9.41. The maximum atomic E-state index is 11.9. The van der Waals surface area contributed by atoms with Gasteiger partial charge in [0.15, 0.2) is 0 Å². The molecule has 172 valence electrons. The van der Waals surface area contributed by atoms with E-state index in [4.69, 9.17) is 4.55 Å². The van der Waals surface area contributed by atoms with Crippen LogP contribution in [0.1, 0.15) is 66.2 Å². The van der Waals surface area contributed by atoms with Crippen molar-refractivity contribution in [2.45, 2.75) is 66.2 Å². The Morgan fingerprint density at radius 1 is 0.839 bits per heavy atom. The summed E-state index contributed by atoms with van der Waals surface area (Å²) in [6.45, 7) is 7.73. The zero-order valence-corrected chi connectivity index (χ0v) is 22.6. The van der Waals surface area contributed by atoms with Crippen molar-refractivity contribution in [1.82, 2.24) is 0 Å². The maximum absolute atomic E-state index is 11.9. The van der Waals surface area contributed by atoms with Crippen LogP contribution in [0.3, 0.4) is 0 Å². The largest absolute Gasteiger partial charge is 1.00 e. The van der Waals surface area contributed by atoms with E-state index in [0.29, 0.717) is 25.7 Å². The van der Waals surface area contributed by atoms with Gasteiger partial charge in [0.25, 0.3) is 10.1 Å². The van der Waals surface area contributed by atoms with Crippen LogP contribution in [0.25, 0.3) is 0 Å². The molecular formula is C20H31NaO8S2. The van der Waals surface area contributed by atoms with E-state index >= 15 is 0 Å². The van der Waals surface area contributed by atoms with Gasteiger partial charge in [-0.25, -0.2) is 8.42 Å². The first-order chi connectivity index (χ1) is 13.4. The van der Waals surface area contributed by atoms with Gasteiger partial charge in [-0.1, -0.05) is 27.7 Å². The van der Waals surface area contributed by atoms with Crippen molar-refractivity contribution in [3.05, 3.63) is 0 Å². The zero-order valence-electron chi connectivity index (χ0n) is 18.9. The van der Waals surface area contributed by atoms with Gasteiger partial charge in [0, 0.05) is 18.3 Å². The topological polar surface area (TPSA) is 146 Å². The molecule has 4 unspecified atom stereocenters. The van der Waals surface area contributed by atoms with Crippen LogP contribution >= 0.6 is 0 Å². The molecule has 0 aromatic rings. The average Bonchev–Trinajstić information content (AvgIpc) is 3.05. The van der Waals surface area contributed by atoms with Crippen molar-refractivity contribution in [2.24, 2.45) is 33.5 Å². The molecule has 1 N–H and O–H groups in total. The van der Waals surface area contributed by atoms with Crippen molar-refractivity contribution >= 4 is 31.8 Å². The Kier molecular flexibility index (Phi) is 7.19. The molecule has 0 saturated heterocycles. The Balaban J connectivity index is 0.000000213. The van der Waals surface area contributed by atoms with Gasteiger partial charge >= 0.3 is 29.6 Å². The molecular weight excluding hydrogens is 455 g/mol. The monoisotopic (exact) mass is 486 g/mol. The Hall–Kier alpha value is 0.160. The number of ketones is 2. The summed E-state index contributed by atoms with van der Waals surface area (Å²) < 4.78 is 63.7. The molecule has 4 rings (SSSR count). The smallest absolute Gasteiger partial charge is 0.748 e. The van der Waals surface area contributed by atoms with E-state index in [9.17, 15) is 31.0 Å². The average molecular weight is 487 g/mol. The molecule has 0 spiro atoms. The van der Waals surface area contributed by atoms with Crippen LogP contribution in [-0.4, -0.2) is 49.0 Å². The Bertz CT molecular complexity index is 905. The molecule has 4 saturated carbocycles. The first-order valence-corrected chi connectivity index (χ1v) is 13.5. The van der Waals surface area contributed by atoms with E-state index in [2.05, 4.69) is 0 Å². The number of carbonyl (C=O) groups is 2. The Morgan fingerprint density at radius 2 is 1.19 bits per heavy atom. The molecule has 11 heteroatoms. The van der Waals surface area contributed by atoms with Gasteiger partial charge in [0.05, 0.1) is 27.0 Å². The fourth-order valence-electron chi connectivity index (χ4n) is 6.83. The predicted molar refractivity (Wildman–Crippen MR) is 108 cm³/mol. The molecule has 31 heavy (non-hydrogen) atoms. The molecule has 4 fully saturated rings. The van der Waals surface area contributed by atoms with Gasteiger partial charge in [-0.2, -0.15) is 8.42 Å². The second-order valence-corrected chi connectivity index (χ2v) is 13.6. The van der Waals surface area contributed by atoms with Gasteiger partial charge in [-0.05, 0) is 48.3 Å². The number of hydrogen-bond donors (Lipinski definition) is 1. The third-order valence-corrected chi connectivity index (χ3v) is 10.8. The third-order valence-electron chi connectivity index (χ3n) is 9.13. The number of carbonyl (C=O) groups excluding carboxylic acids is 2. The van der Waals surface area contributed by atoms with Crippen LogP contribution in [0.2, 0.25) is 0 Å². The van der Waals surface area contributed by atoms with E-state index in [0.717, 1.165) is 12.8 Å². The summed E-state index contributed by atoms with van der Waals surface area (Å²) in [4.78, 5) is 23.7. The van der Waals surface area contributed by atoms with Gasteiger partial charge < -0.3 is 4.55 Å². The quantitative estimate of drug-likeness (QED) is 0.401. The predicted octanol–water partition coefficient (Wildman–Crippen LogP) is -0.799. The maximum Gasteiger partial charge on any atom is 1.00 e. The van der Waals surface area contributed by atoms with Gasteiger partial charge in [0.2, 0.25) is 0 Å². The molecule has 4 bridgehead atoms. The second kappa shape index (κ2) is 8.13. The van der Waals surface area contributed by atoms with Gasteiger partial charge in [-0.15, -0.1) is 0 Å². The minimum Gasteiger partial charge on any atom is -0.748 e. The number of fused-ring (bicyclic) bond motifs is 4. The summed E-state index contributed by atoms with van der Waals surface area (Å²) in [5, 5.41) is 0. The van der Waals surface area contributed by atoms with Crippen LogP contribution in [0, 0.1) is 33.5 Å². The number of Topliss-reactive ketones (excluding diaryl/α,β-unsaturated/α-hetero) is 2. The van der Waals surface area contributed by atoms with Gasteiger partial charge in [0.1, 0.15) is 11.6 Å². The van der Waals surface area contributed by atoms with Crippen LogP contribution in [0.5, 0.6) is 0 Å². The molecule has 0 aromatic carbocycles. The normalized spacial score (nSPS) is 37.4. The van der Waals surface area contributed by atoms with E-state index in [1.807, 2.05) is 27.7 Å². The molecule has 4 atom stereocenters. The van der Waals surface area contributed by atoms with E-state index in [1.54, 1.807) is 0 Å². The standard InChI is InChI=1S/2C10H16O4S.Na/c2*1-9(2)7-3-4-10(9,8(11)5-7)6-15(12,13)14;/h2*7H,3-6H2,1-2H3,(H,12,13,14);/q;;+1/p-1. The Labute approximate surface area is 207 Å². The molecule has 4 aliphatic rings. The molecule has 0 amide bonds. The second-order valence-electron chi connectivity index (χ2n) is 10.8. The third kappa shape index (κ3) is 4.35. The van der Waals surface area contributed by atoms with Crippen molar-refractivity contribution in [3.63, 3.8) is 0 Å². The van der Waals surface area contributed by atoms with Crippen molar-refractivity contribution in [2.75, 3.05) is 11.5 Å². The zero-order chi connectivity index (χ0) is 23.0. The van der Waals surface area contributed by atoms with Crippen molar-refractivity contribution in [3.8, 4) is 0 Å². The van der Waals surface area contributed by atoms with Crippen LogP contribution in [0.4, 0.5) is 0 Å². The van der Waals surface area contributed by atoms with Crippen molar-refractivity contribution in [1.29, 1.82) is 0 Å². The van der Waals surface area contributed by atoms with E-state index < -0.39 is 42.6 Å². The fraction of sp³-hybridized carbons (Fsp3) is 0.900. The summed E-state index contributed by atoms with van der Waals surface area (Å²) in [6, 6.07) is 0. The van der Waals surface area contributed by atoms with Crippen LogP contribution in [0.15, 0.2) is 0 Å². The Morgan fingerprint density at radius 3 is 1.42 bits per heavy atom. The summed E-state index contributed by atoms with van der Waals surface area (Å²) in [5.74, 6) is -0.381. The minimum absolute atomic E-state index is 0. The molecule has 0 radical (unpaired) electrons. The van der Waals surface area contributed by atoms with Gasteiger partial charge in [-0.3, -0.25) is 14.1 Å². The summed E-state index contributed by atoms with van der Waals surface area (Å²) in [6.07, 6.45) is 3.85. The molecule has 8 nitrogen and oxygen atoms in total. The SMILES string of the molecule is CC1(C)C2CCC1(CS(=O)(=O)O)C(=O)C2.CC1(C)C2CCC1(CS(=O)(=O)[O-])C(=O)C2.[Na+]. The van der Waals surface area contributed by atoms with Crippen molar-refractivity contribution < 1.29 is 65.1 Å². The van der Waals surface area contributed by atoms with E-state index in [1.165, 1.54) is 0 Å².